The van der Waals surface area contributed by atoms with E-state index >= 15 is 0 Å². The summed E-state index contributed by atoms with van der Waals surface area (Å²) in [6.45, 7) is 4.02. The molecule has 2 aliphatic rings. The zero-order valence-corrected chi connectivity index (χ0v) is 50.6. The molecule has 4 heterocycles. The number of aryl methyl sites for hydroxylation is 1. The van der Waals surface area contributed by atoms with Gasteiger partial charge < -0.3 is 29.3 Å². The molecule has 1 amide bonds. The minimum absolute atomic E-state index is 0.00363. The molecule has 5 unspecified atom stereocenters. The summed E-state index contributed by atoms with van der Waals surface area (Å²) in [6.07, 6.45) is 34.0. The van der Waals surface area contributed by atoms with Gasteiger partial charge in [-0.05, 0) is 44.2 Å². The highest BCUT2D eigenvalue weighted by molar-refractivity contribution is 7.47. The second-order valence-corrected chi connectivity index (χ2v) is 24.8. The number of carbonyl (C=O) groups excluding carboxylic acids is 1. The molecule has 8 atom stereocenters. The van der Waals surface area contributed by atoms with Crippen molar-refractivity contribution in [3.05, 3.63) is 65.8 Å². The molecule has 23 nitrogen and oxygen atoms in total. The van der Waals surface area contributed by atoms with Gasteiger partial charge in [-0.15, -0.1) is 0 Å². The van der Waals surface area contributed by atoms with Gasteiger partial charge in [0.1, 0.15) is 24.4 Å². The molecule has 4 N–H and O–H groups in total. The maximum absolute atomic E-state index is 13.2. The Kier molecular flexibility index (Phi) is 35.1. The van der Waals surface area contributed by atoms with Gasteiger partial charge in [0.05, 0.1) is 44.7 Å². The average Bonchev–Trinajstić information content (AvgIpc) is 4.18. The Balaban J connectivity index is 1.19. The Morgan fingerprint density at radius 1 is 0.728 bits per heavy atom. The van der Waals surface area contributed by atoms with Gasteiger partial charge in [-0.3, -0.25) is 41.8 Å². The average molecular weight is 1190 g/mol. The number of anilines is 1. The molecule has 0 saturated carbocycles. The number of carbonyl (C=O) groups is 1. The molecule has 0 aromatic carbocycles. The van der Waals surface area contributed by atoms with Crippen molar-refractivity contribution >= 4 is 27.4 Å². The van der Waals surface area contributed by atoms with Crippen LogP contribution in [0.4, 0.5) is 5.82 Å². The number of aromatic amines is 1. The summed E-state index contributed by atoms with van der Waals surface area (Å²) < 4.78 is 67.8. The van der Waals surface area contributed by atoms with Crippen molar-refractivity contribution in [3.63, 3.8) is 0 Å². The van der Waals surface area contributed by atoms with Crippen LogP contribution in [0.1, 0.15) is 244 Å². The Morgan fingerprint density at radius 3 is 1.75 bits per heavy atom. The number of phosphoric ester groups is 2. The number of aromatic nitrogens is 4. The summed E-state index contributed by atoms with van der Waals surface area (Å²) in [5.74, 6) is -0.0632. The Labute approximate surface area is 479 Å². The van der Waals surface area contributed by atoms with Crippen LogP contribution < -0.4 is 22.3 Å². The quantitative estimate of drug-likeness (QED) is 0.0157. The lowest BCUT2D eigenvalue weighted by Gasteiger charge is -2.22. The summed E-state index contributed by atoms with van der Waals surface area (Å²) in [5, 5.41) is 6.42. The summed E-state index contributed by atoms with van der Waals surface area (Å²) in [7, 11) is -9.65. The number of hydrogen-bond donors (Lipinski definition) is 4. The molecule has 0 spiro atoms. The van der Waals surface area contributed by atoms with Gasteiger partial charge in [0.15, 0.2) is 0 Å². The van der Waals surface area contributed by atoms with Crippen molar-refractivity contribution in [2.75, 3.05) is 38.4 Å². The van der Waals surface area contributed by atoms with Gasteiger partial charge in [-0.2, -0.15) is 4.98 Å². The van der Waals surface area contributed by atoms with Crippen molar-refractivity contribution in [1.82, 2.24) is 19.1 Å². The molecule has 462 valence electrons. The fourth-order valence-electron chi connectivity index (χ4n) is 10.1. The van der Waals surface area contributed by atoms with Gasteiger partial charge in [0.2, 0.25) is 5.91 Å². The number of ether oxygens (including phenoxy) is 3. The zero-order valence-electron chi connectivity index (χ0n) is 48.8. The molecule has 25 heteroatoms. The number of azide groups is 1. The Bertz CT molecular complexity index is 2400. The third-order valence-electron chi connectivity index (χ3n) is 14.9. The van der Waals surface area contributed by atoms with E-state index in [1.54, 1.807) is 0 Å². The van der Waals surface area contributed by atoms with E-state index in [1.807, 2.05) is 0 Å². The van der Waals surface area contributed by atoms with E-state index < -0.39 is 89.2 Å². The van der Waals surface area contributed by atoms with E-state index in [9.17, 15) is 43.6 Å². The van der Waals surface area contributed by atoms with Crippen LogP contribution in [0.3, 0.4) is 0 Å². The largest absolute Gasteiger partial charge is 0.472 e. The van der Waals surface area contributed by atoms with Crippen molar-refractivity contribution < 1.29 is 56.0 Å². The number of rotatable bonds is 48. The van der Waals surface area contributed by atoms with Crippen LogP contribution in [0, 0.1) is 6.92 Å². The van der Waals surface area contributed by atoms with Gasteiger partial charge in [0, 0.05) is 42.3 Å². The molecule has 2 saturated heterocycles. The van der Waals surface area contributed by atoms with Crippen molar-refractivity contribution in [1.29, 1.82) is 0 Å². The first-order valence-electron chi connectivity index (χ1n) is 30.5. The summed E-state index contributed by atoms with van der Waals surface area (Å²) in [6, 6.07) is 0.609. The second kappa shape index (κ2) is 40.7. The maximum atomic E-state index is 13.2. The minimum Gasteiger partial charge on any atom is -0.373 e. The number of nitrogens with one attached hydrogen (secondary N) is 2. The highest BCUT2D eigenvalue weighted by Gasteiger charge is 2.39. The van der Waals surface area contributed by atoms with E-state index in [-0.39, 0.29) is 36.9 Å². The Morgan fingerprint density at radius 2 is 1.23 bits per heavy atom. The number of amides is 1. The van der Waals surface area contributed by atoms with Crippen LogP contribution in [-0.4, -0.2) is 92.2 Å². The molecule has 2 aromatic heterocycles. The predicted molar refractivity (Wildman–Crippen MR) is 311 cm³/mol. The summed E-state index contributed by atoms with van der Waals surface area (Å²) in [5.41, 5.74) is 7.46. The number of unbranched alkanes of at least 4 members (excludes halogenated alkanes) is 27. The lowest BCUT2D eigenvalue weighted by atomic mass is 10.0. The molecule has 2 aromatic rings. The lowest BCUT2D eigenvalue weighted by Crippen LogP contribution is -2.33. The fourth-order valence-corrected chi connectivity index (χ4v) is 11.6. The molecule has 2 fully saturated rings. The molecule has 0 bridgehead atoms. The van der Waals surface area contributed by atoms with E-state index in [4.69, 9.17) is 32.3 Å². The standard InChI is InChI=1S/C56H98N8O15P2/c1-4-6-8-10-12-14-16-18-19-20-22-24-26-28-30-32-38-73-47(43-76-81(71,72)77-44-49-48(61-62-57)39-53(79-49)64-40-45(3)54(66)60-56(64)68)42-75-80(69,70)74-41-46-34-35-52(78-46)63-37-36-50(59-55(63)67)58-51(65)33-31-29-27-25-23-21-17-15-13-11-9-7-5-2/h36-37,40,46-49,52-53H,4-35,38-39,41-44H2,1-3H3,(H,69,70)(H,71,72)(H,60,66,68)(H,58,59,65,67)/t46?,47?,48-,49+,52?,53+/m1/s1. The first-order chi connectivity index (χ1) is 39.1. The van der Waals surface area contributed by atoms with Crippen LogP contribution >= 0.6 is 15.6 Å². The van der Waals surface area contributed by atoms with Crippen LogP contribution in [-0.2, 0) is 46.2 Å². The number of phosphoric acid groups is 2. The second-order valence-electron chi connectivity index (χ2n) is 21.9. The van der Waals surface area contributed by atoms with Crippen molar-refractivity contribution in [3.8, 4) is 0 Å². The van der Waals surface area contributed by atoms with Crippen LogP contribution in [0.25, 0.3) is 10.4 Å². The lowest BCUT2D eigenvalue weighted by molar-refractivity contribution is -0.116. The number of nitrogens with zero attached hydrogens (tertiary/aromatic N) is 6. The van der Waals surface area contributed by atoms with Crippen LogP contribution in [0.15, 0.2) is 38.0 Å². The number of hydrogen-bond acceptors (Lipinski definition) is 15. The maximum Gasteiger partial charge on any atom is 0.472 e. The molecular weight excluding hydrogens is 1090 g/mol. The molecule has 0 radical (unpaired) electrons. The van der Waals surface area contributed by atoms with Crippen LogP contribution in [0.2, 0.25) is 0 Å². The normalized spacial score (nSPS) is 20.0. The predicted octanol–water partition coefficient (Wildman–Crippen LogP) is 13.1. The zero-order chi connectivity index (χ0) is 58.6. The van der Waals surface area contributed by atoms with Crippen molar-refractivity contribution in [2.24, 2.45) is 5.11 Å². The SMILES string of the molecule is CCCCCCCCCCCCCCCCCCOC(COP(=O)(O)OCC1CCC(n2ccc(NC(=O)CCCCCCCCCCCCCCC)nc2=O)O1)COP(=O)(O)OC[C@@H]1O[C@H](n2cc(C)c(=O)[nH]c2=O)C[C@H]1N=[N+]=[N-]. The van der Waals surface area contributed by atoms with E-state index in [0.29, 0.717) is 25.7 Å². The third-order valence-corrected chi connectivity index (χ3v) is 16.8. The molecule has 0 aliphatic carbocycles. The van der Waals surface area contributed by atoms with Crippen molar-refractivity contribution in [2.45, 2.75) is 269 Å². The summed E-state index contributed by atoms with van der Waals surface area (Å²) >= 11 is 0. The third kappa shape index (κ3) is 29.7. The summed E-state index contributed by atoms with van der Waals surface area (Å²) in [4.78, 5) is 80.6. The first kappa shape index (κ1) is 69.9. The highest BCUT2D eigenvalue weighted by atomic mass is 31.2. The topological polar surface area (TPSA) is 307 Å². The van der Waals surface area contributed by atoms with E-state index in [0.717, 1.165) is 49.5 Å². The minimum atomic E-state index is -4.88. The van der Waals surface area contributed by atoms with Gasteiger partial charge in [-0.25, -0.2) is 18.7 Å². The van der Waals surface area contributed by atoms with Gasteiger partial charge in [0.25, 0.3) is 5.56 Å². The molecule has 4 rings (SSSR count). The van der Waals surface area contributed by atoms with Gasteiger partial charge >= 0.3 is 27.0 Å². The van der Waals surface area contributed by atoms with E-state index in [2.05, 4.69) is 39.2 Å². The first-order valence-corrected chi connectivity index (χ1v) is 33.5. The molecular formula is C56H98N8O15P2. The number of H-pyrrole nitrogens is 1. The fraction of sp³-hybridized carbons (Fsp3) is 0.839. The Hall–Kier alpha value is -3.56. The van der Waals surface area contributed by atoms with Crippen LogP contribution in [0.5, 0.6) is 0 Å². The monoisotopic (exact) mass is 1180 g/mol. The smallest absolute Gasteiger partial charge is 0.373 e. The van der Waals surface area contributed by atoms with Gasteiger partial charge in [-0.1, -0.05) is 192 Å². The highest BCUT2D eigenvalue weighted by Crippen LogP contribution is 2.47. The molecule has 81 heavy (non-hydrogen) atoms. The molecule has 2 aliphatic heterocycles. The van der Waals surface area contributed by atoms with E-state index in [1.165, 1.54) is 165 Å².